The summed E-state index contributed by atoms with van der Waals surface area (Å²) in [6, 6.07) is 0.744. The molecule has 1 heterocycles. The van der Waals surface area contributed by atoms with Crippen LogP contribution in [0, 0.1) is 12.8 Å². The minimum Gasteiger partial charge on any atom is -0.345 e. The van der Waals surface area contributed by atoms with Crippen molar-refractivity contribution in [3.8, 4) is 0 Å². The SMILES string of the molecule is Cc1ncc(CNC2CC2C)[nH]1. The molecule has 3 heteroatoms. The van der Waals surface area contributed by atoms with Crippen LogP contribution in [0.5, 0.6) is 0 Å². The Balaban J connectivity index is 1.80. The zero-order valence-corrected chi connectivity index (χ0v) is 7.59. The highest BCUT2D eigenvalue weighted by atomic mass is 15.0. The van der Waals surface area contributed by atoms with Gasteiger partial charge >= 0.3 is 0 Å². The number of aromatic nitrogens is 2. The number of aromatic amines is 1. The van der Waals surface area contributed by atoms with Crippen molar-refractivity contribution in [3.63, 3.8) is 0 Å². The molecule has 1 aliphatic rings. The molecule has 2 rings (SSSR count). The molecule has 0 amide bonds. The first-order valence-electron chi connectivity index (χ1n) is 4.49. The van der Waals surface area contributed by atoms with Gasteiger partial charge in [0.1, 0.15) is 5.82 Å². The Kier molecular flexibility index (Phi) is 1.89. The lowest BCUT2D eigenvalue weighted by Crippen LogP contribution is -2.17. The summed E-state index contributed by atoms with van der Waals surface area (Å²) in [5, 5.41) is 3.46. The predicted molar refractivity (Wildman–Crippen MR) is 47.7 cm³/mol. The van der Waals surface area contributed by atoms with Gasteiger partial charge in [-0.2, -0.15) is 0 Å². The average molecular weight is 165 g/mol. The van der Waals surface area contributed by atoms with Crippen molar-refractivity contribution >= 4 is 0 Å². The van der Waals surface area contributed by atoms with Crippen molar-refractivity contribution in [1.82, 2.24) is 15.3 Å². The highest BCUT2D eigenvalue weighted by Crippen LogP contribution is 2.29. The first-order chi connectivity index (χ1) is 5.75. The Labute approximate surface area is 72.6 Å². The van der Waals surface area contributed by atoms with Crippen LogP contribution >= 0.6 is 0 Å². The van der Waals surface area contributed by atoms with Gasteiger partial charge in [-0.3, -0.25) is 0 Å². The quantitative estimate of drug-likeness (QED) is 0.707. The summed E-state index contributed by atoms with van der Waals surface area (Å²) in [5.41, 5.74) is 1.19. The fraction of sp³-hybridized carbons (Fsp3) is 0.667. The number of aryl methyl sites for hydroxylation is 1. The van der Waals surface area contributed by atoms with E-state index in [1.807, 2.05) is 13.1 Å². The third kappa shape index (κ3) is 1.67. The molecule has 12 heavy (non-hydrogen) atoms. The van der Waals surface area contributed by atoms with E-state index in [2.05, 4.69) is 22.2 Å². The van der Waals surface area contributed by atoms with Gasteiger partial charge in [0.25, 0.3) is 0 Å². The van der Waals surface area contributed by atoms with E-state index < -0.39 is 0 Å². The van der Waals surface area contributed by atoms with Gasteiger partial charge in [0.05, 0.1) is 0 Å². The maximum absolute atomic E-state index is 4.14. The minimum absolute atomic E-state index is 0.744. The standard InChI is InChI=1S/C9H15N3/c1-6-3-9(6)11-5-8-4-10-7(2)12-8/h4,6,9,11H,3,5H2,1-2H3,(H,10,12). The van der Waals surface area contributed by atoms with Gasteiger partial charge in [-0.25, -0.2) is 4.98 Å². The Hall–Kier alpha value is -0.830. The van der Waals surface area contributed by atoms with E-state index in [0.29, 0.717) is 0 Å². The maximum Gasteiger partial charge on any atom is 0.103 e. The van der Waals surface area contributed by atoms with Crippen molar-refractivity contribution < 1.29 is 0 Å². The summed E-state index contributed by atoms with van der Waals surface area (Å²) >= 11 is 0. The maximum atomic E-state index is 4.14. The van der Waals surface area contributed by atoms with Crippen molar-refractivity contribution in [2.45, 2.75) is 32.9 Å². The number of hydrogen-bond donors (Lipinski definition) is 2. The lowest BCUT2D eigenvalue weighted by molar-refractivity contribution is 0.644. The largest absolute Gasteiger partial charge is 0.345 e. The van der Waals surface area contributed by atoms with Crippen LogP contribution < -0.4 is 5.32 Å². The van der Waals surface area contributed by atoms with Crippen molar-refractivity contribution in [2.24, 2.45) is 5.92 Å². The van der Waals surface area contributed by atoms with Crippen molar-refractivity contribution in [3.05, 3.63) is 17.7 Å². The molecule has 2 atom stereocenters. The molecule has 1 aromatic rings. The van der Waals surface area contributed by atoms with Gasteiger partial charge in [0.15, 0.2) is 0 Å². The van der Waals surface area contributed by atoms with Crippen LogP contribution in [0.2, 0.25) is 0 Å². The zero-order chi connectivity index (χ0) is 8.55. The number of hydrogen-bond acceptors (Lipinski definition) is 2. The first kappa shape index (κ1) is 7.80. The molecule has 0 saturated heterocycles. The molecule has 1 fully saturated rings. The Morgan fingerprint density at radius 2 is 2.50 bits per heavy atom. The number of imidazole rings is 1. The number of rotatable bonds is 3. The van der Waals surface area contributed by atoms with Crippen LogP contribution in [0.15, 0.2) is 6.20 Å². The van der Waals surface area contributed by atoms with Crippen LogP contribution in [0.4, 0.5) is 0 Å². The van der Waals surface area contributed by atoms with Crippen LogP contribution in [-0.2, 0) is 6.54 Å². The molecule has 1 aromatic heterocycles. The van der Waals surface area contributed by atoms with Gasteiger partial charge in [-0.15, -0.1) is 0 Å². The van der Waals surface area contributed by atoms with Gasteiger partial charge in [-0.1, -0.05) is 6.92 Å². The molecule has 1 saturated carbocycles. The summed E-state index contributed by atoms with van der Waals surface area (Å²) in [7, 11) is 0. The molecule has 0 radical (unpaired) electrons. The van der Waals surface area contributed by atoms with E-state index in [1.165, 1.54) is 12.1 Å². The fourth-order valence-corrected chi connectivity index (χ4v) is 1.41. The summed E-state index contributed by atoms with van der Waals surface area (Å²) in [4.78, 5) is 7.34. The molecular formula is C9H15N3. The van der Waals surface area contributed by atoms with E-state index in [9.17, 15) is 0 Å². The summed E-state index contributed by atoms with van der Waals surface area (Å²) in [6.07, 6.45) is 3.22. The van der Waals surface area contributed by atoms with Crippen LogP contribution in [0.25, 0.3) is 0 Å². The monoisotopic (exact) mass is 165 g/mol. The summed E-state index contributed by atoms with van der Waals surface area (Å²) in [6.45, 7) is 5.18. The molecule has 1 aliphatic carbocycles. The number of nitrogens with zero attached hydrogens (tertiary/aromatic N) is 1. The van der Waals surface area contributed by atoms with Crippen molar-refractivity contribution in [2.75, 3.05) is 0 Å². The van der Waals surface area contributed by atoms with Gasteiger partial charge < -0.3 is 10.3 Å². The van der Waals surface area contributed by atoms with Crippen LogP contribution in [-0.4, -0.2) is 16.0 Å². The Morgan fingerprint density at radius 1 is 1.75 bits per heavy atom. The molecule has 0 aliphatic heterocycles. The van der Waals surface area contributed by atoms with Gasteiger partial charge in [0.2, 0.25) is 0 Å². The fourth-order valence-electron chi connectivity index (χ4n) is 1.41. The lowest BCUT2D eigenvalue weighted by atomic mass is 10.4. The topological polar surface area (TPSA) is 40.7 Å². The van der Waals surface area contributed by atoms with E-state index in [-0.39, 0.29) is 0 Å². The molecule has 2 unspecified atom stereocenters. The molecule has 0 bridgehead atoms. The molecular weight excluding hydrogens is 150 g/mol. The average Bonchev–Trinajstić information content (AvgIpc) is 2.56. The van der Waals surface area contributed by atoms with Gasteiger partial charge in [0, 0.05) is 24.5 Å². The third-order valence-electron chi connectivity index (χ3n) is 2.42. The van der Waals surface area contributed by atoms with Crippen LogP contribution in [0.1, 0.15) is 24.9 Å². The van der Waals surface area contributed by atoms with E-state index in [4.69, 9.17) is 0 Å². The highest BCUT2D eigenvalue weighted by molar-refractivity contribution is 5.01. The molecule has 66 valence electrons. The normalized spacial score (nSPS) is 27.5. The second kappa shape index (κ2) is 2.90. The lowest BCUT2D eigenvalue weighted by Gasteiger charge is -1.98. The predicted octanol–water partition coefficient (Wildman–Crippen LogP) is 1.22. The van der Waals surface area contributed by atoms with E-state index in [1.54, 1.807) is 0 Å². The van der Waals surface area contributed by atoms with Crippen LogP contribution in [0.3, 0.4) is 0 Å². The highest BCUT2D eigenvalue weighted by Gasteiger charge is 2.31. The second-order valence-corrected chi connectivity index (χ2v) is 3.69. The summed E-state index contributed by atoms with van der Waals surface area (Å²) < 4.78 is 0. The Morgan fingerprint density at radius 3 is 3.00 bits per heavy atom. The minimum atomic E-state index is 0.744. The smallest absolute Gasteiger partial charge is 0.103 e. The van der Waals surface area contributed by atoms with Gasteiger partial charge in [-0.05, 0) is 19.3 Å². The second-order valence-electron chi connectivity index (χ2n) is 3.69. The molecule has 3 nitrogen and oxygen atoms in total. The Bertz CT molecular complexity index is 266. The van der Waals surface area contributed by atoms with E-state index >= 15 is 0 Å². The molecule has 0 spiro atoms. The van der Waals surface area contributed by atoms with E-state index in [0.717, 1.165) is 24.3 Å². The van der Waals surface area contributed by atoms with Crippen molar-refractivity contribution in [1.29, 1.82) is 0 Å². The molecule has 2 N–H and O–H groups in total. The third-order valence-corrected chi connectivity index (χ3v) is 2.42. The number of H-pyrrole nitrogens is 1. The first-order valence-corrected chi connectivity index (χ1v) is 4.49. The zero-order valence-electron chi connectivity index (χ0n) is 7.59. The molecule has 0 aromatic carbocycles. The number of nitrogens with one attached hydrogen (secondary N) is 2. The summed E-state index contributed by atoms with van der Waals surface area (Å²) in [5.74, 6) is 1.87.